The highest BCUT2D eigenvalue weighted by molar-refractivity contribution is 5.91. The predicted molar refractivity (Wildman–Crippen MR) is 83.3 cm³/mol. The van der Waals surface area contributed by atoms with Crippen molar-refractivity contribution in [2.24, 2.45) is 0 Å². The zero-order chi connectivity index (χ0) is 15.5. The number of carbonyl (C=O) groups is 2. The fourth-order valence-corrected chi connectivity index (χ4v) is 2.64. The van der Waals surface area contributed by atoms with E-state index in [1.165, 1.54) is 0 Å². The summed E-state index contributed by atoms with van der Waals surface area (Å²) in [6.07, 6.45) is 2.84. The quantitative estimate of drug-likeness (QED) is 0.796. The molecule has 21 heavy (non-hydrogen) atoms. The Morgan fingerprint density at radius 3 is 2.19 bits per heavy atom. The van der Waals surface area contributed by atoms with Gasteiger partial charge >= 0.3 is 6.03 Å². The highest BCUT2D eigenvalue weighted by Crippen LogP contribution is 2.44. The summed E-state index contributed by atoms with van der Waals surface area (Å²) in [5.41, 5.74) is 1.35. The van der Waals surface area contributed by atoms with Gasteiger partial charge in [-0.25, -0.2) is 4.79 Å². The summed E-state index contributed by atoms with van der Waals surface area (Å²) in [5.74, 6) is 0.107. The minimum Gasteiger partial charge on any atom is -0.353 e. The summed E-state index contributed by atoms with van der Waals surface area (Å²) >= 11 is 0. The van der Waals surface area contributed by atoms with Crippen molar-refractivity contribution in [2.75, 3.05) is 12.4 Å². The number of rotatable bonds is 4. The fourth-order valence-electron chi connectivity index (χ4n) is 2.64. The van der Waals surface area contributed by atoms with E-state index in [1.807, 2.05) is 38.1 Å². The Morgan fingerprint density at radius 1 is 1.14 bits per heavy atom. The van der Waals surface area contributed by atoms with Crippen molar-refractivity contribution < 1.29 is 9.59 Å². The lowest BCUT2D eigenvalue weighted by Crippen LogP contribution is -2.51. The van der Waals surface area contributed by atoms with Crippen molar-refractivity contribution >= 4 is 17.6 Å². The van der Waals surface area contributed by atoms with Crippen LogP contribution >= 0.6 is 0 Å². The summed E-state index contributed by atoms with van der Waals surface area (Å²) in [5, 5.41) is 8.24. The number of hydrogen-bond acceptors (Lipinski definition) is 2. The average molecular weight is 289 g/mol. The van der Waals surface area contributed by atoms with Gasteiger partial charge < -0.3 is 16.0 Å². The van der Waals surface area contributed by atoms with Gasteiger partial charge in [0, 0.05) is 18.8 Å². The van der Waals surface area contributed by atoms with Gasteiger partial charge in [0.2, 0.25) is 5.91 Å². The molecule has 0 spiro atoms. The van der Waals surface area contributed by atoms with E-state index in [1.54, 1.807) is 7.05 Å². The molecule has 0 aliphatic heterocycles. The molecule has 114 valence electrons. The molecule has 1 saturated carbocycles. The number of amides is 3. The van der Waals surface area contributed by atoms with E-state index in [2.05, 4.69) is 16.0 Å². The first-order valence-electron chi connectivity index (χ1n) is 7.38. The molecule has 0 aromatic heterocycles. The number of carbonyl (C=O) groups excluding carboxylic acids is 2. The second-order valence-corrected chi connectivity index (χ2v) is 5.85. The van der Waals surface area contributed by atoms with Crippen molar-refractivity contribution in [2.45, 2.75) is 44.6 Å². The van der Waals surface area contributed by atoms with E-state index >= 15 is 0 Å². The zero-order valence-corrected chi connectivity index (χ0v) is 12.8. The molecule has 0 atom stereocenters. The summed E-state index contributed by atoms with van der Waals surface area (Å²) < 4.78 is 0. The lowest BCUT2D eigenvalue weighted by atomic mass is 9.63. The topological polar surface area (TPSA) is 70.2 Å². The maximum atomic E-state index is 12.5. The van der Waals surface area contributed by atoms with E-state index in [-0.39, 0.29) is 18.0 Å². The molecule has 1 aromatic rings. The lowest BCUT2D eigenvalue weighted by Gasteiger charge is -2.41. The predicted octanol–water partition coefficient (Wildman–Crippen LogP) is 2.38. The molecular weight excluding hydrogens is 266 g/mol. The van der Waals surface area contributed by atoms with Gasteiger partial charge in [0.25, 0.3) is 0 Å². The van der Waals surface area contributed by atoms with Crippen LogP contribution in [0.3, 0.4) is 0 Å². The smallest absolute Gasteiger partial charge is 0.318 e. The maximum absolute atomic E-state index is 12.5. The summed E-state index contributed by atoms with van der Waals surface area (Å²) in [7, 11) is 1.57. The van der Waals surface area contributed by atoms with Gasteiger partial charge in [-0.3, -0.25) is 4.79 Å². The molecule has 1 aliphatic carbocycles. The lowest BCUT2D eigenvalue weighted by molar-refractivity contribution is -0.130. The second kappa shape index (κ2) is 6.16. The Balaban J connectivity index is 2.15. The molecule has 0 radical (unpaired) electrons. The molecular formula is C16H23N3O2. The van der Waals surface area contributed by atoms with Gasteiger partial charge in [0.05, 0.1) is 5.41 Å². The third-order valence-corrected chi connectivity index (χ3v) is 3.98. The summed E-state index contributed by atoms with van der Waals surface area (Å²) in [4.78, 5) is 23.7. The molecule has 0 unspecified atom stereocenters. The van der Waals surface area contributed by atoms with E-state index in [4.69, 9.17) is 0 Å². The van der Waals surface area contributed by atoms with E-state index in [9.17, 15) is 9.59 Å². The third-order valence-electron chi connectivity index (χ3n) is 3.98. The Morgan fingerprint density at radius 2 is 1.76 bits per heavy atom. The highest BCUT2D eigenvalue weighted by atomic mass is 16.2. The molecule has 5 heteroatoms. The molecule has 2 rings (SSSR count). The molecule has 1 aliphatic rings. The molecule has 0 saturated heterocycles. The van der Waals surface area contributed by atoms with Crippen LogP contribution in [0.2, 0.25) is 0 Å². The van der Waals surface area contributed by atoms with Crippen LogP contribution in [0, 0.1) is 0 Å². The maximum Gasteiger partial charge on any atom is 0.318 e. The Kier molecular flexibility index (Phi) is 4.50. The Hall–Kier alpha value is -2.04. The van der Waals surface area contributed by atoms with Crippen LogP contribution in [0.4, 0.5) is 10.5 Å². The molecule has 1 aromatic carbocycles. The Bertz CT molecular complexity index is 519. The monoisotopic (exact) mass is 289 g/mol. The van der Waals surface area contributed by atoms with Crippen LogP contribution in [0.25, 0.3) is 0 Å². The number of benzene rings is 1. The van der Waals surface area contributed by atoms with Crippen molar-refractivity contribution in [3.05, 3.63) is 29.8 Å². The van der Waals surface area contributed by atoms with Crippen LogP contribution in [0.15, 0.2) is 24.3 Å². The minimum atomic E-state index is -0.393. The zero-order valence-electron chi connectivity index (χ0n) is 12.8. The van der Waals surface area contributed by atoms with Gasteiger partial charge in [-0.05, 0) is 44.4 Å². The fraction of sp³-hybridized carbons (Fsp3) is 0.500. The second-order valence-electron chi connectivity index (χ2n) is 5.85. The van der Waals surface area contributed by atoms with Crippen LogP contribution in [0.5, 0.6) is 0 Å². The van der Waals surface area contributed by atoms with Crippen LogP contribution in [-0.2, 0) is 10.2 Å². The highest BCUT2D eigenvalue weighted by Gasteiger charge is 2.45. The van der Waals surface area contributed by atoms with Crippen LogP contribution < -0.4 is 16.0 Å². The number of urea groups is 1. The standard InChI is InChI=1S/C16H23N3O2/c1-11(2)18-14(20)16(9-4-10-16)12-5-7-13(8-6-12)19-15(21)17-3/h5-8,11H,4,9-10H2,1-3H3,(H,18,20)(H2,17,19,21). The van der Waals surface area contributed by atoms with E-state index in [0.29, 0.717) is 0 Å². The number of hydrogen-bond donors (Lipinski definition) is 3. The number of nitrogens with one attached hydrogen (secondary N) is 3. The first-order chi connectivity index (χ1) is 9.98. The van der Waals surface area contributed by atoms with Crippen molar-refractivity contribution in [1.82, 2.24) is 10.6 Å². The summed E-state index contributed by atoms with van der Waals surface area (Å²) in [6.45, 7) is 3.95. The first-order valence-corrected chi connectivity index (χ1v) is 7.38. The van der Waals surface area contributed by atoms with Crippen molar-refractivity contribution in [1.29, 1.82) is 0 Å². The van der Waals surface area contributed by atoms with Gasteiger partial charge in [-0.1, -0.05) is 18.6 Å². The van der Waals surface area contributed by atoms with E-state index < -0.39 is 5.41 Å². The molecule has 3 amide bonds. The average Bonchev–Trinajstić information content (AvgIpc) is 2.38. The largest absolute Gasteiger partial charge is 0.353 e. The molecule has 1 fully saturated rings. The third kappa shape index (κ3) is 3.17. The van der Waals surface area contributed by atoms with E-state index in [0.717, 1.165) is 30.5 Å². The van der Waals surface area contributed by atoms with Gasteiger partial charge in [-0.2, -0.15) is 0 Å². The van der Waals surface area contributed by atoms with Gasteiger partial charge in [0.15, 0.2) is 0 Å². The van der Waals surface area contributed by atoms with Gasteiger partial charge in [-0.15, -0.1) is 0 Å². The molecule has 3 N–H and O–H groups in total. The van der Waals surface area contributed by atoms with Crippen molar-refractivity contribution in [3.63, 3.8) is 0 Å². The Labute approximate surface area is 125 Å². The summed E-state index contributed by atoms with van der Waals surface area (Å²) in [6, 6.07) is 7.44. The number of anilines is 1. The molecule has 0 heterocycles. The van der Waals surface area contributed by atoms with Gasteiger partial charge in [0.1, 0.15) is 0 Å². The molecule has 5 nitrogen and oxygen atoms in total. The minimum absolute atomic E-state index is 0.107. The normalized spacial score (nSPS) is 16.0. The molecule has 0 bridgehead atoms. The van der Waals surface area contributed by atoms with Crippen LogP contribution in [-0.4, -0.2) is 25.0 Å². The van der Waals surface area contributed by atoms with Crippen molar-refractivity contribution in [3.8, 4) is 0 Å². The van der Waals surface area contributed by atoms with Crippen LogP contribution in [0.1, 0.15) is 38.7 Å². The SMILES string of the molecule is CNC(=O)Nc1ccc(C2(C(=O)NC(C)C)CCC2)cc1. The first kappa shape index (κ1) is 15.4.